The lowest BCUT2D eigenvalue weighted by atomic mass is 9.69. The Kier molecular flexibility index (Phi) is 5.92. The fourth-order valence-corrected chi connectivity index (χ4v) is 4.20. The minimum Gasteiger partial charge on any atom is -0.380 e. The molecule has 0 spiro atoms. The topological polar surface area (TPSA) is 21.3 Å². The summed E-state index contributed by atoms with van der Waals surface area (Å²) in [5, 5.41) is 3.92. The summed E-state index contributed by atoms with van der Waals surface area (Å²) in [6.07, 6.45) is 12.6. The lowest BCUT2D eigenvalue weighted by Gasteiger charge is -2.41. The van der Waals surface area contributed by atoms with E-state index >= 15 is 0 Å². The zero-order chi connectivity index (χ0) is 14.6. The molecule has 2 nitrogen and oxygen atoms in total. The van der Waals surface area contributed by atoms with Crippen LogP contribution in [0.25, 0.3) is 0 Å². The Hall–Kier alpha value is -0.0800. The number of ether oxygens (including phenoxy) is 1. The Balaban J connectivity index is 1.79. The van der Waals surface area contributed by atoms with E-state index in [1.165, 1.54) is 57.8 Å². The maximum Gasteiger partial charge on any atom is 0.0724 e. The average Bonchev–Trinajstić information content (AvgIpc) is 2.48. The van der Waals surface area contributed by atoms with Gasteiger partial charge in [0.2, 0.25) is 0 Å². The van der Waals surface area contributed by atoms with Crippen molar-refractivity contribution in [3.05, 3.63) is 0 Å². The summed E-state index contributed by atoms with van der Waals surface area (Å²) >= 11 is 0. The summed E-state index contributed by atoms with van der Waals surface area (Å²) in [5.74, 6) is 0.926. The van der Waals surface area contributed by atoms with Crippen LogP contribution >= 0.6 is 0 Å². The second-order valence-corrected chi connectivity index (χ2v) is 7.72. The van der Waals surface area contributed by atoms with Gasteiger partial charge in [0.1, 0.15) is 0 Å². The van der Waals surface area contributed by atoms with Crippen molar-refractivity contribution in [3.8, 4) is 0 Å². The van der Waals surface area contributed by atoms with Crippen LogP contribution in [0.3, 0.4) is 0 Å². The molecule has 2 unspecified atom stereocenters. The van der Waals surface area contributed by atoms with Crippen LogP contribution in [0.5, 0.6) is 0 Å². The normalized spacial score (nSPS) is 36.0. The van der Waals surface area contributed by atoms with Gasteiger partial charge >= 0.3 is 0 Å². The van der Waals surface area contributed by atoms with Crippen LogP contribution in [0.4, 0.5) is 0 Å². The van der Waals surface area contributed by atoms with E-state index in [4.69, 9.17) is 4.74 Å². The molecule has 0 aromatic rings. The fourth-order valence-electron chi connectivity index (χ4n) is 4.20. The molecule has 0 heterocycles. The highest BCUT2D eigenvalue weighted by molar-refractivity contribution is 4.89. The molecule has 2 heteroatoms. The van der Waals surface area contributed by atoms with Gasteiger partial charge in [-0.15, -0.1) is 0 Å². The van der Waals surface area contributed by atoms with E-state index < -0.39 is 0 Å². The molecule has 2 aliphatic rings. The monoisotopic (exact) mass is 281 g/mol. The molecule has 2 atom stereocenters. The average molecular weight is 281 g/mol. The number of nitrogens with one attached hydrogen (secondary N) is 1. The van der Waals surface area contributed by atoms with E-state index in [0.717, 1.165) is 12.0 Å². The third-order valence-electron chi connectivity index (χ3n) is 6.20. The third kappa shape index (κ3) is 3.98. The zero-order valence-corrected chi connectivity index (χ0v) is 14.1. The minimum absolute atomic E-state index is 0.452. The number of hydrogen-bond donors (Lipinski definition) is 1. The minimum atomic E-state index is 0.452. The molecule has 2 fully saturated rings. The Morgan fingerprint density at radius 1 is 1.00 bits per heavy atom. The lowest BCUT2D eigenvalue weighted by Crippen LogP contribution is -2.49. The van der Waals surface area contributed by atoms with Crippen LogP contribution < -0.4 is 5.32 Å². The highest BCUT2D eigenvalue weighted by Gasteiger charge is 2.33. The van der Waals surface area contributed by atoms with Crippen LogP contribution in [0.1, 0.15) is 78.6 Å². The number of rotatable bonds is 5. The van der Waals surface area contributed by atoms with Gasteiger partial charge in [0.15, 0.2) is 0 Å². The first-order valence-corrected chi connectivity index (χ1v) is 8.85. The molecule has 1 N–H and O–H groups in total. The quantitative estimate of drug-likeness (QED) is 0.799. The van der Waals surface area contributed by atoms with Crippen molar-refractivity contribution in [2.24, 2.45) is 11.3 Å². The first kappa shape index (κ1) is 16.3. The van der Waals surface area contributed by atoms with Crippen molar-refractivity contribution in [1.29, 1.82) is 0 Å². The highest BCUT2D eigenvalue weighted by Crippen LogP contribution is 2.40. The van der Waals surface area contributed by atoms with Crippen molar-refractivity contribution < 1.29 is 4.74 Å². The van der Waals surface area contributed by atoms with Crippen molar-refractivity contribution >= 4 is 0 Å². The van der Waals surface area contributed by atoms with Crippen molar-refractivity contribution in [2.45, 2.75) is 96.7 Å². The molecule has 0 amide bonds. The van der Waals surface area contributed by atoms with Gasteiger partial charge in [-0.2, -0.15) is 0 Å². The predicted octanol–water partition coefficient (Wildman–Crippen LogP) is 4.53. The maximum absolute atomic E-state index is 5.68. The van der Waals surface area contributed by atoms with E-state index in [2.05, 4.69) is 26.1 Å². The molecule has 2 saturated carbocycles. The van der Waals surface area contributed by atoms with Gasteiger partial charge < -0.3 is 10.1 Å². The molecule has 2 rings (SSSR count). The van der Waals surface area contributed by atoms with Gasteiger partial charge in [-0.05, 0) is 49.9 Å². The van der Waals surface area contributed by atoms with Gasteiger partial charge in [0.25, 0.3) is 0 Å². The van der Waals surface area contributed by atoms with E-state index in [0.29, 0.717) is 17.6 Å². The molecule has 0 radical (unpaired) electrons. The van der Waals surface area contributed by atoms with Crippen molar-refractivity contribution in [1.82, 2.24) is 5.32 Å². The van der Waals surface area contributed by atoms with Crippen LogP contribution in [0, 0.1) is 11.3 Å². The lowest BCUT2D eigenvalue weighted by molar-refractivity contribution is 0.0324. The molecule has 0 aromatic carbocycles. The van der Waals surface area contributed by atoms with Gasteiger partial charge in [0, 0.05) is 19.2 Å². The molecule has 118 valence electrons. The molecule has 2 aliphatic carbocycles. The van der Waals surface area contributed by atoms with Crippen molar-refractivity contribution in [2.75, 3.05) is 7.11 Å². The summed E-state index contributed by atoms with van der Waals surface area (Å²) in [7, 11) is 1.88. The second-order valence-electron chi connectivity index (χ2n) is 7.72. The van der Waals surface area contributed by atoms with Gasteiger partial charge in [-0.1, -0.05) is 40.0 Å². The molecular formula is C18H35NO. The summed E-state index contributed by atoms with van der Waals surface area (Å²) in [5.41, 5.74) is 0.533. The molecular weight excluding hydrogens is 246 g/mol. The van der Waals surface area contributed by atoms with Crippen LogP contribution in [0.15, 0.2) is 0 Å². The number of hydrogen-bond acceptors (Lipinski definition) is 2. The molecule has 0 saturated heterocycles. The van der Waals surface area contributed by atoms with Crippen LogP contribution in [-0.2, 0) is 4.74 Å². The standard InChI is InChI=1S/C18H35NO/c1-5-18(2,3)14-10-12-15(13-11-14)19-16-8-6-7-9-17(16)20-4/h14-17,19H,5-13H2,1-4H3. The van der Waals surface area contributed by atoms with E-state index in [-0.39, 0.29) is 0 Å². The SMILES string of the molecule is CCC(C)(C)C1CCC(NC2CCCCC2OC)CC1. The highest BCUT2D eigenvalue weighted by atomic mass is 16.5. The predicted molar refractivity (Wildman–Crippen MR) is 86.0 cm³/mol. The third-order valence-corrected chi connectivity index (χ3v) is 6.20. The Labute approximate surface area is 126 Å². The summed E-state index contributed by atoms with van der Waals surface area (Å²) in [6, 6.07) is 1.34. The van der Waals surface area contributed by atoms with E-state index in [1.807, 2.05) is 7.11 Å². The Morgan fingerprint density at radius 2 is 1.65 bits per heavy atom. The van der Waals surface area contributed by atoms with E-state index in [1.54, 1.807) is 0 Å². The van der Waals surface area contributed by atoms with Crippen LogP contribution in [-0.4, -0.2) is 25.3 Å². The largest absolute Gasteiger partial charge is 0.380 e. The zero-order valence-electron chi connectivity index (χ0n) is 14.1. The molecule has 0 aliphatic heterocycles. The van der Waals surface area contributed by atoms with Crippen LogP contribution in [0.2, 0.25) is 0 Å². The second kappa shape index (κ2) is 7.26. The Bertz CT molecular complexity index is 281. The van der Waals surface area contributed by atoms with Gasteiger partial charge in [-0.3, -0.25) is 0 Å². The summed E-state index contributed by atoms with van der Waals surface area (Å²) in [6.45, 7) is 7.25. The number of methoxy groups -OCH3 is 1. The van der Waals surface area contributed by atoms with Gasteiger partial charge in [0.05, 0.1) is 6.10 Å². The Morgan fingerprint density at radius 3 is 2.25 bits per heavy atom. The van der Waals surface area contributed by atoms with Crippen molar-refractivity contribution in [3.63, 3.8) is 0 Å². The fraction of sp³-hybridized carbons (Fsp3) is 1.00. The summed E-state index contributed by atoms with van der Waals surface area (Å²) in [4.78, 5) is 0. The molecule has 0 aromatic heterocycles. The first-order valence-electron chi connectivity index (χ1n) is 8.85. The maximum atomic E-state index is 5.68. The van der Waals surface area contributed by atoms with Gasteiger partial charge in [-0.25, -0.2) is 0 Å². The molecule has 0 bridgehead atoms. The smallest absolute Gasteiger partial charge is 0.0724 e. The first-order chi connectivity index (χ1) is 9.56. The van der Waals surface area contributed by atoms with E-state index in [9.17, 15) is 0 Å². The molecule has 20 heavy (non-hydrogen) atoms. The summed E-state index contributed by atoms with van der Waals surface area (Å²) < 4.78 is 5.68.